The quantitative estimate of drug-likeness (QED) is 0.651. The zero-order valence-electron chi connectivity index (χ0n) is 7.46. The van der Waals surface area contributed by atoms with E-state index in [1.807, 2.05) is 13.8 Å². The van der Waals surface area contributed by atoms with Crippen molar-refractivity contribution in [3.8, 4) is 11.5 Å². The molecule has 0 aliphatic rings. The lowest BCUT2D eigenvalue weighted by Crippen LogP contribution is -1.71. The van der Waals surface area contributed by atoms with Gasteiger partial charge in [0, 0.05) is 11.5 Å². The van der Waals surface area contributed by atoms with E-state index in [-0.39, 0.29) is 11.5 Å². The Kier molecular flexibility index (Phi) is 1.49. The number of fused-ring (bicyclic) bond motifs is 1. The van der Waals surface area contributed by atoms with Gasteiger partial charge in [0.05, 0.1) is 0 Å². The highest BCUT2D eigenvalue weighted by molar-refractivity contribution is 5.88. The lowest BCUT2D eigenvalue weighted by atomic mass is 10.1. The number of phenols is 2. The third-order valence-electron chi connectivity index (χ3n) is 2.24. The topological polar surface area (TPSA) is 53.6 Å². The van der Waals surface area contributed by atoms with Crippen molar-refractivity contribution in [2.75, 3.05) is 0 Å². The van der Waals surface area contributed by atoms with Gasteiger partial charge in [-0.25, -0.2) is 0 Å². The average molecular weight is 178 g/mol. The van der Waals surface area contributed by atoms with Gasteiger partial charge in [-0.15, -0.1) is 0 Å². The van der Waals surface area contributed by atoms with Gasteiger partial charge < -0.3 is 14.6 Å². The Labute approximate surface area is 75.2 Å². The van der Waals surface area contributed by atoms with Crippen molar-refractivity contribution in [2.24, 2.45) is 0 Å². The highest BCUT2D eigenvalue weighted by Gasteiger charge is 2.11. The summed E-state index contributed by atoms with van der Waals surface area (Å²) in [6.45, 7) is 3.71. The van der Waals surface area contributed by atoms with E-state index in [9.17, 15) is 10.2 Å². The van der Waals surface area contributed by atoms with Crippen LogP contribution in [0.5, 0.6) is 11.5 Å². The molecule has 0 fully saturated rings. The number of benzene rings is 1. The van der Waals surface area contributed by atoms with E-state index in [2.05, 4.69) is 0 Å². The summed E-state index contributed by atoms with van der Waals surface area (Å²) in [6, 6.07) is 2.85. The van der Waals surface area contributed by atoms with E-state index in [1.165, 1.54) is 6.07 Å². The maximum atomic E-state index is 9.44. The first-order valence-corrected chi connectivity index (χ1v) is 4.01. The Balaban J connectivity index is 2.94. The van der Waals surface area contributed by atoms with Crippen molar-refractivity contribution >= 4 is 11.0 Å². The minimum Gasteiger partial charge on any atom is -0.508 e. The number of furan rings is 1. The van der Waals surface area contributed by atoms with Crippen LogP contribution in [0.2, 0.25) is 0 Å². The van der Waals surface area contributed by atoms with Gasteiger partial charge in [-0.1, -0.05) is 0 Å². The molecule has 1 aromatic carbocycles. The molecule has 0 radical (unpaired) electrons. The number of hydrogen-bond donors (Lipinski definition) is 2. The molecule has 0 aliphatic heterocycles. The molecule has 1 aromatic heterocycles. The van der Waals surface area contributed by atoms with Gasteiger partial charge in [0.2, 0.25) is 0 Å². The van der Waals surface area contributed by atoms with Crippen molar-refractivity contribution < 1.29 is 14.6 Å². The second kappa shape index (κ2) is 2.42. The first kappa shape index (κ1) is 7.98. The molecule has 1 heterocycles. The van der Waals surface area contributed by atoms with Crippen molar-refractivity contribution in [3.63, 3.8) is 0 Å². The van der Waals surface area contributed by atoms with Crippen molar-refractivity contribution in [1.29, 1.82) is 0 Å². The summed E-state index contributed by atoms with van der Waals surface area (Å²) in [5.41, 5.74) is 1.38. The molecule has 0 aliphatic carbocycles. The minimum atomic E-state index is -0.0220. The fourth-order valence-electron chi connectivity index (χ4n) is 1.40. The molecule has 13 heavy (non-hydrogen) atoms. The highest BCUT2D eigenvalue weighted by atomic mass is 16.4. The van der Waals surface area contributed by atoms with Crippen LogP contribution in [0.1, 0.15) is 11.3 Å². The SMILES string of the molecule is Cc1oc2c(O)cc(O)cc2c1C. The molecular formula is C10H10O3. The molecule has 0 unspecified atom stereocenters. The lowest BCUT2D eigenvalue weighted by Gasteiger charge is -1.95. The predicted octanol–water partition coefficient (Wildman–Crippen LogP) is 2.46. The standard InChI is InChI=1S/C10H10O3/c1-5-6(2)13-10-8(5)3-7(11)4-9(10)12/h3-4,11-12H,1-2H3. The van der Waals surface area contributed by atoms with Crippen LogP contribution in [0.25, 0.3) is 11.0 Å². The summed E-state index contributed by atoms with van der Waals surface area (Å²) in [6.07, 6.45) is 0. The van der Waals surface area contributed by atoms with Crippen LogP contribution in [0.15, 0.2) is 16.5 Å². The van der Waals surface area contributed by atoms with E-state index >= 15 is 0 Å². The molecule has 0 bridgehead atoms. The summed E-state index contributed by atoms with van der Waals surface area (Å²) < 4.78 is 5.32. The maximum Gasteiger partial charge on any atom is 0.176 e. The van der Waals surface area contributed by atoms with Gasteiger partial charge in [-0.2, -0.15) is 0 Å². The third kappa shape index (κ3) is 1.04. The summed E-state index contributed by atoms with van der Waals surface area (Å²) in [7, 11) is 0. The van der Waals surface area contributed by atoms with E-state index < -0.39 is 0 Å². The first-order valence-electron chi connectivity index (χ1n) is 4.01. The van der Waals surface area contributed by atoms with Crippen LogP contribution in [0.3, 0.4) is 0 Å². The average Bonchev–Trinajstić information content (AvgIpc) is 2.32. The van der Waals surface area contributed by atoms with E-state index in [0.29, 0.717) is 5.58 Å². The smallest absolute Gasteiger partial charge is 0.176 e. The third-order valence-corrected chi connectivity index (χ3v) is 2.24. The number of phenolic OH excluding ortho intramolecular Hbond substituents is 2. The zero-order valence-corrected chi connectivity index (χ0v) is 7.46. The summed E-state index contributed by atoms with van der Waals surface area (Å²) >= 11 is 0. The molecule has 0 atom stereocenters. The number of aryl methyl sites for hydroxylation is 2. The van der Waals surface area contributed by atoms with Gasteiger partial charge in [0.15, 0.2) is 11.3 Å². The molecule has 0 amide bonds. The number of hydrogen-bond acceptors (Lipinski definition) is 3. The zero-order chi connectivity index (χ0) is 9.59. The summed E-state index contributed by atoms with van der Waals surface area (Å²) in [4.78, 5) is 0. The molecule has 3 heteroatoms. The molecular weight excluding hydrogens is 168 g/mol. The van der Waals surface area contributed by atoms with Crippen molar-refractivity contribution in [2.45, 2.75) is 13.8 Å². The van der Waals surface area contributed by atoms with Crippen molar-refractivity contribution in [3.05, 3.63) is 23.5 Å². The molecule has 68 valence electrons. The molecule has 0 spiro atoms. The number of aromatic hydroxyl groups is 2. The lowest BCUT2D eigenvalue weighted by molar-refractivity contribution is 0.444. The second-order valence-corrected chi connectivity index (χ2v) is 3.12. The van der Waals surface area contributed by atoms with Gasteiger partial charge in [-0.05, 0) is 25.5 Å². The van der Waals surface area contributed by atoms with E-state index in [4.69, 9.17) is 4.42 Å². The molecule has 2 N–H and O–H groups in total. The fraction of sp³-hybridized carbons (Fsp3) is 0.200. The monoisotopic (exact) mass is 178 g/mol. The molecule has 0 saturated heterocycles. The largest absolute Gasteiger partial charge is 0.508 e. The number of rotatable bonds is 0. The second-order valence-electron chi connectivity index (χ2n) is 3.12. The summed E-state index contributed by atoms with van der Waals surface area (Å²) in [5.74, 6) is 0.788. The van der Waals surface area contributed by atoms with Gasteiger partial charge in [0.25, 0.3) is 0 Å². The van der Waals surface area contributed by atoms with Crippen LogP contribution in [-0.4, -0.2) is 10.2 Å². The molecule has 2 aromatic rings. The Bertz CT molecular complexity index is 468. The normalized spacial score (nSPS) is 10.9. The highest BCUT2D eigenvalue weighted by Crippen LogP contribution is 2.34. The van der Waals surface area contributed by atoms with Crippen molar-refractivity contribution in [1.82, 2.24) is 0 Å². The Hall–Kier alpha value is -1.64. The van der Waals surface area contributed by atoms with Gasteiger partial charge in [-0.3, -0.25) is 0 Å². The molecule has 0 saturated carbocycles. The first-order chi connectivity index (χ1) is 6.09. The van der Waals surface area contributed by atoms with Crippen LogP contribution in [0.4, 0.5) is 0 Å². The van der Waals surface area contributed by atoms with E-state index in [1.54, 1.807) is 6.07 Å². The van der Waals surface area contributed by atoms with Crippen LogP contribution >= 0.6 is 0 Å². The van der Waals surface area contributed by atoms with Gasteiger partial charge in [0.1, 0.15) is 11.5 Å². The Morgan fingerprint density at radius 3 is 2.54 bits per heavy atom. The van der Waals surface area contributed by atoms with Crippen LogP contribution < -0.4 is 0 Å². The Morgan fingerprint density at radius 1 is 1.15 bits per heavy atom. The van der Waals surface area contributed by atoms with E-state index in [0.717, 1.165) is 16.7 Å². The summed E-state index contributed by atoms with van der Waals surface area (Å²) in [5, 5.41) is 19.4. The van der Waals surface area contributed by atoms with Crippen LogP contribution in [0, 0.1) is 13.8 Å². The Morgan fingerprint density at radius 2 is 1.85 bits per heavy atom. The predicted molar refractivity (Wildman–Crippen MR) is 49.0 cm³/mol. The maximum absolute atomic E-state index is 9.44. The van der Waals surface area contributed by atoms with Crippen LogP contribution in [-0.2, 0) is 0 Å². The minimum absolute atomic E-state index is 0.0220. The molecule has 3 nitrogen and oxygen atoms in total. The fourth-order valence-corrected chi connectivity index (χ4v) is 1.40. The van der Waals surface area contributed by atoms with Gasteiger partial charge >= 0.3 is 0 Å². The molecule has 2 rings (SSSR count).